The van der Waals surface area contributed by atoms with Crippen molar-refractivity contribution in [3.63, 3.8) is 0 Å². The third kappa shape index (κ3) is 3.70. The van der Waals surface area contributed by atoms with Crippen LogP contribution in [0.4, 0.5) is 0 Å². The minimum atomic E-state index is 0.272. The Labute approximate surface area is 105 Å². The molecule has 0 radical (unpaired) electrons. The van der Waals surface area contributed by atoms with E-state index in [1.807, 2.05) is 0 Å². The lowest BCUT2D eigenvalue weighted by Crippen LogP contribution is -2.44. The lowest BCUT2D eigenvalue weighted by molar-refractivity contribution is -0.132. The molecule has 2 rings (SSSR count). The molecule has 0 aromatic rings. The van der Waals surface area contributed by atoms with Crippen molar-refractivity contribution in [3.8, 4) is 0 Å². The van der Waals surface area contributed by atoms with Gasteiger partial charge in [0.25, 0.3) is 0 Å². The van der Waals surface area contributed by atoms with Gasteiger partial charge in [0.2, 0.25) is 5.91 Å². The van der Waals surface area contributed by atoms with Crippen LogP contribution in [0.2, 0.25) is 0 Å². The maximum absolute atomic E-state index is 11.6. The van der Waals surface area contributed by atoms with Crippen LogP contribution >= 0.6 is 0 Å². The van der Waals surface area contributed by atoms with Crippen molar-refractivity contribution >= 4 is 5.91 Å². The number of rotatable bonds is 3. The molecular weight excluding hydrogens is 212 g/mol. The second-order valence-corrected chi connectivity index (χ2v) is 5.55. The quantitative estimate of drug-likeness (QED) is 0.753. The van der Waals surface area contributed by atoms with Crippen molar-refractivity contribution in [2.75, 3.05) is 26.2 Å². The van der Waals surface area contributed by atoms with Crippen LogP contribution in [0.3, 0.4) is 0 Å². The average molecular weight is 238 g/mol. The predicted octanol–water partition coefficient (Wildman–Crippen LogP) is 2.26. The minimum absolute atomic E-state index is 0.272. The largest absolute Gasteiger partial charge is 0.340 e. The number of likely N-dealkylation sites (tertiary alicyclic amines) is 2. The Morgan fingerprint density at radius 1 is 1.06 bits per heavy atom. The highest BCUT2D eigenvalue weighted by molar-refractivity contribution is 5.73. The fourth-order valence-electron chi connectivity index (χ4n) is 3.23. The monoisotopic (exact) mass is 238 g/mol. The summed E-state index contributed by atoms with van der Waals surface area (Å²) in [5, 5.41) is 0. The van der Waals surface area contributed by atoms with Gasteiger partial charge in [-0.3, -0.25) is 4.79 Å². The Hall–Kier alpha value is -0.570. The highest BCUT2D eigenvalue weighted by atomic mass is 16.2. The van der Waals surface area contributed by atoms with Crippen LogP contribution in [0.15, 0.2) is 0 Å². The third-order valence-electron chi connectivity index (χ3n) is 4.26. The van der Waals surface area contributed by atoms with E-state index < -0.39 is 0 Å². The molecule has 0 bridgehead atoms. The van der Waals surface area contributed by atoms with Crippen molar-refractivity contribution in [3.05, 3.63) is 0 Å². The molecule has 2 aliphatic heterocycles. The first-order valence-electron chi connectivity index (χ1n) is 7.27. The molecule has 2 fully saturated rings. The number of hydrogen-bond acceptors (Lipinski definition) is 2. The Kier molecular flexibility index (Phi) is 4.84. The highest BCUT2D eigenvalue weighted by Gasteiger charge is 2.24. The summed E-state index contributed by atoms with van der Waals surface area (Å²) in [5.41, 5.74) is 0. The maximum Gasteiger partial charge on any atom is 0.219 e. The number of amides is 1. The van der Waals surface area contributed by atoms with Gasteiger partial charge in [0.05, 0.1) is 0 Å². The number of hydrogen-bond donors (Lipinski definition) is 0. The van der Waals surface area contributed by atoms with Gasteiger partial charge in [-0.25, -0.2) is 0 Å². The van der Waals surface area contributed by atoms with Crippen LogP contribution < -0.4 is 0 Å². The van der Waals surface area contributed by atoms with Crippen LogP contribution in [0.1, 0.15) is 51.9 Å². The minimum Gasteiger partial charge on any atom is -0.340 e. The van der Waals surface area contributed by atoms with Crippen LogP contribution in [-0.4, -0.2) is 47.9 Å². The van der Waals surface area contributed by atoms with E-state index in [1.165, 1.54) is 64.6 Å². The fraction of sp³-hybridized carbons (Fsp3) is 0.929. The van der Waals surface area contributed by atoms with Gasteiger partial charge in [-0.2, -0.15) is 0 Å². The van der Waals surface area contributed by atoms with Crippen LogP contribution in [0, 0.1) is 0 Å². The first-order valence-corrected chi connectivity index (χ1v) is 7.27. The molecule has 2 aliphatic rings. The van der Waals surface area contributed by atoms with Gasteiger partial charge in [-0.15, -0.1) is 0 Å². The van der Waals surface area contributed by atoms with Crippen LogP contribution in [-0.2, 0) is 4.79 Å². The molecule has 2 heterocycles. The van der Waals surface area contributed by atoms with E-state index in [-0.39, 0.29) is 5.91 Å². The van der Waals surface area contributed by atoms with Gasteiger partial charge in [-0.1, -0.05) is 6.42 Å². The van der Waals surface area contributed by atoms with E-state index in [1.54, 1.807) is 6.92 Å². The summed E-state index contributed by atoms with van der Waals surface area (Å²) in [6, 6.07) is 0.517. The molecule has 1 atom stereocenters. The van der Waals surface area contributed by atoms with Gasteiger partial charge >= 0.3 is 0 Å². The van der Waals surface area contributed by atoms with E-state index in [0.29, 0.717) is 6.04 Å². The topological polar surface area (TPSA) is 23.6 Å². The summed E-state index contributed by atoms with van der Waals surface area (Å²) in [6.45, 7) is 6.44. The zero-order valence-corrected chi connectivity index (χ0v) is 11.2. The fourth-order valence-corrected chi connectivity index (χ4v) is 3.23. The molecule has 0 aromatic carbocycles. The third-order valence-corrected chi connectivity index (χ3v) is 4.26. The lowest BCUT2D eigenvalue weighted by Gasteiger charge is -2.37. The van der Waals surface area contributed by atoms with E-state index in [4.69, 9.17) is 0 Å². The summed E-state index contributed by atoms with van der Waals surface area (Å²) < 4.78 is 0. The van der Waals surface area contributed by atoms with E-state index >= 15 is 0 Å². The summed E-state index contributed by atoms with van der Waals surface area (Å²) in [7, 11) is 0. The number of carbonyl (C=O) groups excluding carboxylic acids is 1. The molecule has 17 heavy (non-hydrogen) atoms. The second-order valence-electron chi connectivity index (χ2n) is 5.55. The van der Waals surface area contributed by atoms with Gasteiger partial charge in [0.1, 0.15) is 0 Å². The average Bonchev–Trinajstić information content (AvgIpc) is 2.38. The molecule has 0 saturated carbocycles. The molecule has 1 amide bonds. The van der Waals surface area contributed by atoms with Crippen molar-refractivity contribution < 1.29 is 4.79 Å². The molecular formula is C14H26N2O. The maximum atomic E-state index is 11.6. The molecule has 98 valence electrons. The molecule has 0 spiro atoms. The molecule has 0 aromatic heterocycles. The number of piperidine rings is 2. The Balaban J connectivity index is 1.77. The summed E-state index contributed by atoms with van der Waals surface area (Å²) in [4.78, 5) is 16.3. The van der Waals surface area contributed by atoms with Gasteiger partial charge < -0.3 is 9.80 Å². The van der Waals surface area contributed by atoms with Gasteiger partial charge in [0.15, 0.2) is 0 Å². The van der Waals surface area contributed by atoms with Gasteiger partial charge in [-0.05, 0) is 51.6 Å². The SMILES string of the molecule is CC(=O)N1CCCC[C@H]1CCN1CCCCC1. The normalized spacial score (nSPS) is 27.1. The molecule has 3 heteroatoms. The number of nitrogens with zero attached hydrogens (tertiary/aromatic N) is 2. The zero-order valence-electron chi connectivity index (χ0n) is 11.2. The predicted molar refractivity (Wildman–Crippen MR) is 69.9 cm³/mol. The number of carbonyl (C=O) groups is 1. The van der Waals surface area contributed by atoms with Crippen molar-refractivity contribution in [1.82, 2.24) is 9.80 Å². The van der Waals surface area contributed by atoms with E-state index in [9.17, 15) is 4.79 Å². The van der Waals surface area contributed by atoms with E-state index in [2.05, 4.69) is 9.80 Å². The lowest BCUT2D eigenvalue weighted by atomic mass is 9.98. The molecule has 0 unspecified atom stereocenters. The van der Waals surface area contributed by atoms with Gasteiger partial charge in [0, 0.05) is 26.1 Å². The molecule has 2 saturated heterocycles. The summed E-state index contributed by atoms with van der Waals surface area (Å²) >= 11 is 0. The molecule has 3 nitrogen and oxygen atoms in total. The Morgan fingerprint density at radius 3 is 2.47 bits per heavy atom. The summed E-state index contributed by atoms with van der Waals surface area (Å²) in [5.74, 6) is 0.272. The van der Waals surface area contributed by atoms with Crippen molar-refractivity contribution in [2.24, 2.45) is 0 Å². The molecule has 0 aliphatic carbocycles. The first kappa shape index (κ1) is 12.9. The van der Waals surface area contributed by atoms with Crippen molar-refractivity contribution in [2.45, 2.75) is 57.9 Å². The standard InChI is InChI=1S/C14H26N2O/c1-13(17)16-11-6-3-7-14(16)8-12-15-9-4-2-5-10-15/h14H,2-12H2,1H3/t14-/m0/s1. The second kappa shape index (κ2) is 6.39. The smallest absolute Gasteiger partial charge is 0.219 e. The Morgan fingerprint density at radius 2 is 1.76 bits per heavy atom. The molecule has 0 N–H and O–H groups in total. The Bertz CT molecular complexity index is 249. The first-order chi connectivity index (χ1) is 8.27. The van der Waals surface area contributed by atoms with Crippen LogP contribution in [0.25, 0.3) is 0 Å². The summed E-state index contributed by atoms with van der Waals surface area (Å²) in [6.07, 6.45) is 9.02. The van der Waals surface area contributed by atoms with E-state index in [0.717, 1.165) is 6.54 Å². The zero-order chi connectivity index (χ0) is 12.1. The highest BCUT2D eigenvalue weighted by Crippen LogP contribution is 2.20. The van der Waals surface area contributed by atoms with Crippen LogP contribution in [0.5, 0.6) is 0 Å². The van der Waals surface area contributed by atoms with Crippen molar-refractivity contribution in [1.29, 1.82) is 0 Å².